The van der Waals surface area contributed by atoms with Gasteiger partial charge in [0.1, 0.15) is 11.4 Å². The fourth-order valence-electron chi connectivity index (χ4n) is 4.04. The minimum Gasteiger partial charge on any atom is -0.354 e. The van der Waals surface area contributed by atoms with Gasteiger partial charge in [-0.3, -0.25) is 15.1 Å². The molecule has 0 spiro atoms. The molecule has 0 aliphatic rings. The van der Waals surface area contributed by atoms with E-state index in [1.54, 1.807) is 29.8 Å². The number of anilines is 1. The smallest absolute Gasteiger partial charge is 0.161 e. The molecule has 4 rings (SSSR count). The molecule has 0 unspecified atom stereocenters. The van der Waals surface area contributed by atoms with Crippen LogP contribution in [0.5, 0.6) is 0 Å². The number of thiophene rings is 1. The van der Waals surface area contributed by atoms with E-state index in [4.69, 9.17) is 0 Å². The molecule has 0 bridgehead atoms. The van der Waals surface area contributed by atoms with Crippen molar-refractivity contribution in [1.29, 1.82) is 0 Å². The van der Waals surface area contributed by atoms with E-state index in [0.717, 1.165) is 33.9 Å². The fraction of sp³-hybridized carbons (Fsp3) is 0.207. The zero-order chi connectivity index (χ0) is 26.5. The molecule has 0 saturated heterocycles. The number of aromatic amines is 1. The third-order valence-electron chi connectivity index (χ3n) is 6.06. The van der Waals surface area contributed by atoms with Crippen LogP contribution in [0.2, 0.25) is 0 Å². The van der Waals surface area contributed by atoms with E-state index >= 15 is 4.39 Å². The summed E-state index contributed by atoms with van der Waals surface area (Å²) in [6.07, 6.45) is 8.86. The van der Waals surface area contributed by atoms with E-state index in [0.29, 0.717) is 34.4 Å². The number of rotatable bonds is 10. The molecule has 190 valence electrons. The van der Waals surface area contributed by atoms with Gasteiger partial charge in [0.05, 0.1) is 33.4 Å². The third kappa shape index (κ3) is 5.45. The Morgan fingerprint density at radius 2 is 2.00 bits per heavy atom. The van der Waals surface area contributed by atoms with Crippen molar-refractivity contribution in [2.75, 3.05) is 18.4 Å². The zero-order valence-electron chi connectivity index (χ0n) is 21.6. The van der Waals surface area contributed by atoms with Gasteiger partial charge in [0, 0.05) is 23.3 Å². The first-order valence-corrected chi connectivity index (χ1v) is 12.9. The van der Waals surface area contributed by atoms with Crippen molar-refractivity contribution in [3.8, 4) is 10.6 Å². The molecular formula is C29H31FN6S. The largest absolute Gasteiger partial charge is 0.354 e. The molecule has 3 N–H and O–H groups in total. The second-order valence-electron chi connectivity index (χ2n) is 8.58. The van der Waals surface area contributed by atoms with E-state index in [1.165, 1.54) is 4.88 Å². The highest BCUT2D eigenvalue weighted by atomic mass is 32.1. The van der Waals surface area contributed by atoms with E-state index < -0.39 is 5.82 Å². The molecule has 4 heterocycles. The maximum atomic E-state index is 16.0. The highest BCUT2D eigenvalue weighted by Crippen LogP contribution is 2.34. The number of H-pyrrole nitrogens is 1. The molecule has 0 radical (unpaired) electrons. The van der Waals surface area contributed by atoms with Gasteiger partial charge in [-0.1, -0.05) is 32.2 Å². The van der Waals surface area contributed by atoms with Gasteiger partial charge >= 0.3 is 0 Å². The number of fused-ring (bicyclic) bond motifs is 1. The number of aromatic nitrogens is 4. The second-order valence-corrected chi connectivity index (χ2v) is 9.86. The van der Waals surface area contributed by atoms with Gasteiger partial charge < -0.3 is 10.6 Å². The number of pyridine rings is 2. The summed E-state index contributed by atoms with van der Waals surface area (Å²) in [6.45, 7) is 17.5. The Morgan fingerprint density at radius 1 is 1.19 bits per heavy atom. The Labute approximate surface area is 220 Å². The normalized spacial score (nSPS) is 12.2. The van der Waals surface area contributed by atoms with Crippen LogP contribution in [0.25, 0.3) is 32.7 Å². The topological polar surface area (TPSA) is 78.5 Å². The predicted molar refractivity (Wildman–Crippen MR) is 154 cm³/mol. The summed E-state index contributed by atoms with van der Waals surface area (Å²) in [5, 5.41) is 14.2. The lowest BCUT2D eigenvalue weighted by Crippen LogP contribution is -2.15. The Balaban J connectivity index is 1.69. The van der Waals surface area contributed by atoms with E-state index in [9.17, 15) is 0 Å². The molecule has 6 nitrogen and oxygen atoms in total. The summed E-state index contributed by atoms with van der Waals surface area (Å²) in [7, 11) is 0. The van der Waals surface area contributed by atoms with E-state index in [1.807, 2.05) is 39.0 Å². The SMILES string of the molecule is C=C/C(=C\C(=C/C)c1ncc2[nH]nc(C(=C)Nc3ccnc(-c4ccc(C)s4)c3C)c2c1F)CNCC. The van der Waals surface area contributed by atoms with Crippen LogP contribution in [-0.4, -0.2) is 33.3 Å². The minimum atomic E-state index is -0.457. The first-order chi connectivity index (χ1) is 17.9. The van der Waals surface area contributed by atoms with Gasteiger partial charge in [0.2, 0.25) is 0 Å². The molecule has 0 aliphatic heterocycles. The minimum absolute atomic E-state index is 0.247. The number of nitrogens with zero attached hydrogens (tertiary/aromatic N) is 3. The van der Waals surface area contributed by atoms with Crippen LogP contribution in [0.3, 0.4) is 0 Å². The van der Waals surface area contributed by atoms with Crippen molar-refractivity contribution < 1.29 is 4.39 Å². The molecule has 0 fully saturated rings. The van der Waals surface area contributed by atoms with Gasteiger partial charge in [0.15, 0.2) is 5.82 Å². The predicted octanol–water partition coefficient (Wildman–Crippen LogP) is 7.05. The first kappa shape index (κ1) is 26.2. The maximum absolute atomic E-state index is 16.0. The van der Waals surface area contributed by atoms with Crippen molar-refractivity contribution in [3.63, 3.8) is 0 Å². The van der Waals surface area contributed by atoms with E-state index in [-0.39, 0.29) is 5.69 Å². The highest BCUT2D eigenvalue weighted by molar-refractivity contribution is 7.15. The van der Waals surface area contributed by atoms with Crippen molar-refractivity contribution in [3.05, 3.63) is 95.2 Å². The van der Waals surface area contributed by atoms with Crippen LogP contribution < -0.4 is 10.6 Å². The number of halogens is 1. The lowest BCUT2D eigenvalue weighted by atomic mass is 10.0. The van der Waals surface area contributed by atoms with Gasteiger partial charge in [-0.15, -0.1) is 11.3 Å². The Kier molecular flexibility index (Phi) is 8.11. The zero-order valence-corrected chi connectivity index (χ0v) is 22.4. The quantitative estimate of drug-likeness (QED) is 0.198. The van der Waals surface area contributed by atoms with Crippen LogP contribution in [0.1, 0.15) is 35.7 Å². The van der Waals surface area contributed by atoms with Gasteiger partial charge in [0.25, 0.3) is 0 Å². The summed E-state index contributed by atoms with van der Waals surface area (Å²) in [4.78, 5) is 11.3. The number of aryl methyl sites for hydroxylation is 1. The third-order valence-corrected chi connectivity index (χ3v) is 7.07. The van der Waals surface area contributed by atoms with Gasteiger partial charge in [-0.2, -0.15) is 5.10 Å². The average molecular weight is 515 g/mol. The standard InChI is InChI=1S/C29H31FN6S/c1-7-20(15-31-9-3)14-21(8-2)29-26(30)25-23(16-33-29)35-36-28(25)19(6)34-22-12-13-32-27(18(22)5)24-11-10-17(4)37-24/h7-8,10-14,16,31H,1,6,9,15H2,2-5H3,(H,32,34)(H,35,36)/b20-14+,21-8+. The highest BCUT2D eigenvalue weighted by Gasteiger charge is 2.20. The summed E-state index contributed by atoms with van der Waals surface area (Å²) in [5.74, 6) is -0.457. The number of hydrogen-bond donors (Lipinski definition) is 3. The number of hydrogen-bond acceptors (Lipinski definition) is 6. The number of nitrogens with one attached hydrogen (secondary N) is 3. The Bertz CT molecular complexity index is 1520. The molecule has 0 amide bonds. The molecule has 8 heteroatoms. The van der Waals surface area contributed by atoms with Crippen LogP contribution in [0.4, 0.5) is 10.1 Å². The number of likely N-dealkylation sites (N-methyl/N-ethyl adjacent to an activating group) is 1. The van der Waals surface area contributed by atoms with Crippen LogP contribution in [0.15, 0.2) is 67.6 Å². The first-order valence-electron chi connectivity index (χ1n) is 12.1. The lowest BCUT2D eigenvalue weighted by Gasteiger charge is -2.13. The summed E-state index contributed by atoms with van der Waals surface area (Å²) >= 11 is 1.69. The molecule has 4 aromatic heterocycles. The van der Waals surface area contributed by atoms with Crippen molar-refractivity contribution in [1.82, 2.24) is 25.5 Å². The fourth-order valence-corrected chi connectivity index (χ4v) is 4.96. The second kappa shape index (κ2) is 11.5. The van der Waals surface area contributed by atoms with Crippen molar-refractivity contribution in [2.45, 2.75) is 27.7 Å². The van der Waals surface area contributed by atoms with E-state index in [2.05, 4.69) is 63.0 Å². The van der Waals surface area contributed by atoms with Gasteiger partial charge in [-0.05, 0) is 68.3 Å². The molecular weight excluding hydrogens is 483 g/mol. The van der Waals surface area contributed by atoms with Crippen molar-refractivity contribution in [2.24, 2.45) is 0 Å². The van der Waals surface area contributed by atoms with Crippen LogP contribution in [-0.2, 0) is 0 Å². The Hall–Kier alpha value is -3.88. The molecule has 0 aromatic carbocycles. The lowest BCUT2D eigenvalue weighted by molar-refractivity contribution is 0.629. The van der Waals surface area contributed by atoms with Gasteiger partial charge in [-0.25, -0.2) is 4.39 Å². The van der Waals surface area contributed by atoms with Crippen molar-refractivity contribution >= 4 is 39.2 Å². The summed E-state index contributed by atoms with van der Waals surface area (Å²) in [6, 6.07) is 6.03. The average Bonchev–Trinajstić information content (AvgIpc) is 3.53. The molecule has 0 atom stereocenters. The number of allylic oxidation sites excluding steroid dienone is 3. The molecule has 0 aliphatic carbocycles. The molecule has 4 aromatic rings. The Morgan fingerprint density at radius 3 is 2.68 bits per heavy atom. The summed E-state index contributed by atoms with van der Waals surface area (Å²) in [5.41, 5.74) is 5.95. The maximum Gasteiger partial charge on any atom is 0.161 e. The summed E-state index contributed by atoms with van der Waals surface area (Å²) < 4.78 is 16.0. The van der Waals surface area contributed by atoms with Crippen LogP contribution >= 0.6 is 11.3 Å². The van der Waals surface area contributed by atoms with Crippen LogP contribution in [0, 0.1) is 19.7 Å². The molecule has 37 heavy (non-hydrogen) atoms. The monoisotopic (exact) mass is 514 g/mol. The molecule has 0 saturated carbocycles.